The van der Waals surface area contributed by atoms with Gasteiger partial charge in [0.05, 0.1) is 0 Å². The average molecular weight is 245 g/mol. The molecule has 2 N–H and O–H groups in total. The van der Waals surface area contributed by atoms with Gasteiger partial charge in [-0.1, -0.05) is 6.07 Å². The molecule has 1 amide bonds. The van der Waals surface area contributed by atoms with Gasteiger partial charge in [0.2, 0.25) is 0 Å². The molecule has 0 aliphatic carbocycles. The van der Waals surface area contributed by atoms with Crippen molar-refractivity contribution < 1.29 is 4.79 Å². The highest BCUT2D eigenvalue weighted by Crippen LogP contribution is 2.35. The van der Waals surface area contributed by atoms with Crippen molar-refractivity contribution in [1.82, 2.24) is 10.6 Å². The summed E-state index contributed by atoms with van der Waals surface area (Å²) in [6.07, 6.45) is 0.985. The number of amides is 1. The highest BCUT2D eigenvalue weighted by atomic mass is 16.1. The fourth-order valence-corrected chi connectivity index (χ4v) is 3.04. The molecule has 18 heavy (non-hydrogen) atoms. The van der Waals surface area contributed by atoms with Crippen LogP contribution in [0.3, 0.4) is 0 Å². The second-order valence-electron chi connectivity index (χ2n) is 5.16. The van der Waals surface area contributed by atoms with E-state index in [1.807, 2.05) is 6.07 Å². The molecule has 1 atom stereocenters. The zero-order valence-corrected chi connectivity index (χ0v) is 10.9. The van der Waals surface area contributed by atoms with Gasteiger partial charge < -0.3 is 15.5 Å². The molecule has 0 fully saturated rings. The van der Waals surface area contributed by atoms with Crippen molar-refractivity contribution in [2.45, 2.75) is 25.9 Å². The molecule has 1 aromatic carbocycles. The van der Waals surface area contributed by atoms with Crippen LogP contribution in [0.15, 0.2) is 12.1 Å². The standard InChI is InChI=1S/C14H19N3O/c1-9-8-17-6-5-11-12(14(18)15-2)4-3-10(7-16-9)13(11)17/h3-4,9,16H,5-8H2,1-2H3,(H,15,18). The van der Waals surface area contributed by atoms with Crippen LogP contribution in [0.4, 0.5) is 5.69 Å². The van der Waals surface area contributed by atoms with Gasteiger partial charge in [-0.3, -0.25) is 4.79 Å². The van der Waals surface area contributed by atoms with Gasteiger partial charge in [-0.2, -0.15) is 0 Å². The van der Waals surface area contributed by atoms with Crippen LogP contribution in [0.5, 0.6) is 0 Å². The number of anilines is 1. The van der Waals surface area contributed by atoms with Crippen LogP contribution in [0.1, 0.15) is 28.4 Å². The summed E-state index contributed by atoms with van der Waals surface area (Å²) in [5.74, 6) is 0.0277. The third kappa shape index (κ3) is 1.68. The van der Waals surface area contributed by atoms with E-state index in [4.69, 9.17) is 0 Å². The summed E-state index contributed by atoms with van der Waals surface area (Å²) in [6, 6.07) is 4.55. The summed E-state index contributed by atoms with van der Waals surface area (Å²) in [6.45, 7) is 5.16. The first-order chi connectivity index (χ1) is 8.70. The van der Waals surface area contributed by atoms with E-state index < -0.39 is 0 Å². The third-order valence-corrected chi connectivity index (χ3v) is 3.92. The fourth-order valence-electron chi connectivity index (χ4n) is 3.04. The molecule has 2 aliphatic heterocycles. The lowest BCUT2D eigenvalue weighted by Gasteiger charge is -2.21. The maximum atomic E-state index is 11.9. The van der Waals surface area contributed by atoms with Gasteiger partial charge in [-0.25, -0.2) is 0 Å². The lowest BCUT2D eigenvalue weighted by molar-refractivity contribution is 0.0962. The molecule has 0 saturated carbocycles. The van der Waals surface area contributed by atoms with Gasteiger partial charge in [0.1, 0.15) is 0 Å². The quantitative estimate of drug-likeness (QED) is 0.772. The first-order valence-corrected chi connectivity index (χ1v) is 6.56. The van der Waals surface area contributed by atoms with Gasteiger partial charge in [-0.15, -0.1) is 0 Å². The zero-order valence-electron chi connectivity index (χ0n) is 10.9. The van der Waals surface area contributed by atoms with E-state index in [-0.39, 0.29) is 5.91 Å². The van der Waals surface area contributed by atoms with Crippen molar-refractivity contribution >= 4 is 11.6 Å². The molecule has 0 saturated heterocycles. The Kier molecular flexibility index (Phi) is 2.74. The minimum absolute atomic E-state index is 0.0277. The van der Waals surface area contributed by atoms with Crippen molar-refractivity contribution in [3.63, 3.8) is 0 Å². The number of carbonyl (C=O) groups is 1. The lowest BCUT2D eigenvalue weighted by Crippen LogP contribution is -2.35. The van der Waals surface area contributed by atoms with Crippen molar-refractivity contribution in [2.24, 2.45) is 0 Å². The summed E-state index contributed by atoms with van der Waals surface area (Å²) in [7, 11) is 1.69. The van der Waals surface area contributed by atoms with E-state index in [0.29, 0.717) is 6.04 Å². The number of nitrogens with zero attached hydrogens (tertiary/aromatic N) is 1. The van der Waals surface area contributed by atoms with E-state index in [9.17, 15) is 4.79 Å². The van der Waals surface area contributed by atoms with E-state index in [0.717, 1.165) is 31.6 Å². The fraction of sp³-hybridized carbons (Fsp3) is 0.500. The number of rotatable bonds is 1. The second-order valence-corrected chi connectivity index (χ2v) is 5.16. The number of hydrogen-bond donors (Lipinski definition) is 2. The second kappa shape index (κ2) is 4.28. The van der Waals surface area contributed by atoms with E-state index in [1.54, 1.807) is 7.05 Å². The molecule has 4 nitrogen and oxygen atoms in total. The summed E-state index contributed by atoms with van der Waals surface area (Å²) in [5.41, 5.74) is 4.68. The normalized spacial score (nSPS) is 21.4. The molecule has 0 spiro atoms. The molecule has 0 radical (unpaired) electrons. The van der Waals surface area contributed by atoms with Crippen molar-refractivity contribution in [3.05, 3.63) is 28.8 Å². The molecular weight excluding hydrogens is 226 g/mol. The maximum Gasteiger partial charge on any atom is 0.251 e. The number of hydrogen-bond acceptors (Lipinski definition) is 3. The minimum atomic E-state index is 0.0277. The molecule has 0 aromatic heterocycles. The summed E-state index contributed by atoms with van der Waals surface area (Å²) in [4.78, 5) is 14.3. The highest BCUT2D eigenvalue weighted by Gasteiger charge is 2.29. The molecule has 2 heterocycles. The van der Waals surface area contributed by atoms with Crippen LogP contribution in [-0.4, -0.2) is 32.1 Å². The van der Waals surface area contributed by atoms with Crippen LogP contribution in [0.25, 0.3) is 0 Å². The Labute approximate surface area is 107 Å². The Bertz CT molecular complexity index is 498. The summed E-state index contributed by atoms with van der Waals surface area (Å²) >= 11 is 0. The van der Waals surface area contributed by atoms with Gasteiger partial charge in [-0.05, 0) is 30.5 Å². The summed E-state index contributed by atoms with van der Waals surface area (Å²) < 4.78 is 0. The first-order valence-electron chi connectivity index (χ1n) is 6.56. The molecule has 2 aliphatic rings. The Balaban J connectivity index is 2.10. The maximum absolute atomic E-state index is 11.9. The topological polar surface area (TPSA) is 44.4 Å². The Morgan fingerprint density at radius 1 is 1.50 bits per heavy atom. The van der Waals surface area contributed by atoms with Gasteiger partial charge in [0.15, 0.2) is 0 Å². The SMILES string of the molecule is CNC(=O)c1ccc2c3c1CCN3CC(C)NC2. The third-order valence-electron chi connectivity index (χ3n) is 3.92. The van der Waals surface area contributed by atoms with Gasteiger partial charge >= 0.3 is 0 Å². The van der Waals surface area contributed by atoms with Crippen LogP contribution in [0.2, 0.25) is 0 Å². The molecule has 0 bridgehead atoms. The van der Waals surface area contributed by atoms with Crippen LogP contribution < -0.4 is 15.5 Å². The van der Waals surface area contributed by atoms with Crippen molar-refractivity contribution in [1.29, 1.82) is 0 Å². The molecule has 1 unspecified atom stereocenters. The molecule has 3 rings (SSSR count). The van der Waals surface area contributed by atoms with Crippen LogP contribution in [-0.2, 0) is 13.0 Å². The predicted molar refractivity (Wildman–Crippen MR) is 72.1 cm³/mol. The first kappa shape index (κ1) is 11.5. The summed E-state index contributed by atoms with van der Waals surface area (Å²) in [5, 5.41) is 6.25. The van der Waals surface area contributed by atoms with Crippen LogP contribution >= 0.6 is 0 Å². The highest BCUT2D eigenvalue weighted by molar-refractivity contribution is 5.98. The van der Waals surface area contributed by atoms with Crippen molar-refractivity contribution in [3.8, 4) is 0 Å². The Morgan fingerprint density at radius 2 is 2.33 bits per heavy atom. The smallest absolute Gasteiger partial charge is 0.251 e. The Hall–Kier alpha value is -1.55. The van der Waals surface area contributed by atoms with Crippen LogP contribution in [0, 0.1) is 0 Å². The number of carbonyl (C=O) groups excluding carboxylic acids is 1. The molecule has 4 heteroatoms. The Morgan fingerprint density at radius 3 is 3.11 bits per heavy atom. The van der Waals surface area contributed by atoms with E-state index in [2.05, 4.69) is 28.5 Å². The van der Waals surface area contributed by atoms with Gasteiger partial charge in [0, 0.05) is 44.0 Å². The molecule has 1 aromatic rings. The number of benzene rings is 1. The number of nitrogens with one attached hydrogen (secondary N) is 2. The monoisotopic (exact) mass is 245 g/mol. The van der Waals surface area contributed by atoms with E-state index >= 15 is 0 Å². The van der Waals surface area contributed by atoms with E-state index in [1.165, 1.54) is 16.8 Å². The van der Waals surface area contributed by atoms with Crippen molar-refractivity contribution in [2.75, 3.05) is 25.0 Å². The average Bonchev–Trinajstić information content (AvgIpc) is 2.71. The zero-order chi connectivity index (χ0) is 12.7. The minimum Gasteiger partial charge on any atom is -0.369 e. The van der Waals surface area contributed by atoms with Gasteiger partial charge in [0.25, 0.3) is 5.91 Å². The molecular formula is C14H19N3O. The molecule has 96 valence electrons. The predicted octanol–water partition coefficient (Wildman–Crippen LogP) is 0.900. The lowest BCUT2D eigenvalue weighted by atomic mass is 10.00. The largest absolute Gasteiger partial charge is 0.369 e.